The van der Waals surface area contributed by atoms with Gasteiger partial charge < -0.3 is 4.74 Å². The molecule has 1 saturated carbocycles. The van der Waals surface area contributed by atoms with Crippen LogP contribution in [0.1, 0.15) is 44.7 Å². The molecule has 0 spiro atoms. The van der Waals surface area contributed by atoms with Gasteiger partial charge in [-0.15, -0.1) is 0 Å². The molecule has 3 heteroatoms. The van der Waals surface area contributed by atoms with Crippen LogP contribution in [0.4, 0.5) is 0 Å². The molecule has 1 aromatic rings. The van der Waals surface area contributed by atoms with Crippen molar-refractivity contribution in [3.05, 3.63) is 33.8 Å². The lowest BCUT2D eigenvalue weighted by Gasteiger charge is -2.22. The van der Waals surface area contributed by atoms with Gasteiger partial charge in [0, 0.05) is 4.47 Å². The standard InChI is InChI=1S/C15H19BrO2/c1-14(2,3)11-6-5-10(9-12(11)16)15(7-8-15)13(17)18-4/h5-6,9H,7-8H2,1-4H3. The van der Waals surface area contributed by atoms with Gasteiger partial charge in [-0.05, 0) is 35.4 Å². The molecular weight excluding hydrogens is 292 g/mol. The van der Waals surface area contributed by atoms with Gasteiger partial charge in [-0.3, -0.25) is 4.79 Å². The van der Waals surface area contributed by atoms with Crippen LogP contribution < -0.4 is 0 Å². The number of ether oxygens (including phenoxy) is 1. The normalized spacial score (nSPS) is 17.4. The SMILES string of the molecule is COC(=O)C1(c2ccc(C(C)(C)C)c(Br)c2)CC1. The van der Waals surface area contributed by atoms with Crippen molar-refractivity contribution in [1.29, 1.82) is 0 Å². The van der Waals surface area contributed by atoms with E-state index in [1.165, 1.54) is 12.7 Å². The van der Waals surface area contributed by atoms with E-state index in [1.54, 1.807) is 0 Å². The summed E-state index contributed by atoms with van der Waals surface area (Å²) in [4.78, 5) is 11.9. The second-order valence-corrected chi connectivity index (χ2v) is 6.87. The molecule has 2 nitrogen and oxygen atoms in total. The Bertz CT molecular complexity index is 482. The number of esters is 1. The van der Waals surface area contributed by atoms with Crippen molar-refractivity contribution >= 4 is 21.9 Å². The molecule has 1 fully saturated rings. The van der Waals surface area contributed by atoms with E-state index < -0.39 is 0 Å². The van der Waals surface area contributed by atoms with E-state index in [0.717, 1.165) is 22.9 Å². The Kier molecular flexibility index (Phi) is 3.30. The molecule has 0 aliphatic heterocycles. The highest BCUT2D eigenvalue weighted by molar-refractivity contribution is 9.10. The summed E-state index contributed by atoms with van der Waals surface area (Å²) in [6.07, 6.45) is 1.78. The van der Waals surface area contributed by atoms with Crippen molar-refractivity contribution in [3.8, 4) is 0 Å². The Balaban J connectivity index is 2.39. The van der Waals surface area contributed by atoms with E-state index in [2.05, 4.69) is 54.9 Å². The van der Waals surface area contributed by atoms with Gasteiger partial charge in [0.15, 0.2) is 0 Å². The molecular formula is C15H19BrO2. The quantitative estimate of drug-likeness (QED) is 0.773. The highest BCUT2D eigenvalue weighted by Gasteiger charge is 2.52. The number of carbonyl (C=O) groups is 1. The minimum atomic E-state index is -0.381. The minimum Gasteiger partial charge on any atom is -0.468 e. The molecule has 1 aromatic carbocycles. The van der Waals surface area contributed by atoms with Crippen molar-refractivity contribution in [2.24, 2.45) is 0 Å². The monoisotopic (exact) mass is 310 g/mol. The summed E-state index contributed by atoms with van der Waals surface area (Å²) < 4.78 is 5.99. The minimum absolute atomic E-state index is 0.0966. The average molecular weight is 311 g/mol. The lowest BCUT2D eigenvalue weighted by atomic mass is 9.85. The third-order valence-electron chi connectivity index (χ3n) is 3.66. The zero-order valence-corrected chi connectivity index (χ0v) is 12.9. The highest BCUT2D eigenvalue weighted by Crippen LogP contribution is 2.50. The number of rotatable bonds is 2. The van der Waals surface area contributed by atoms with E-state index in [0.29, 0.717) is 0 Å². The summed E-state index contributed by atoms with van der Waals surface area (Å²) in [5.74, 6) is -0.113. The maximum absolute atomic E-state index is 11.9. The first-order valence-corrected chi connectivity index (χ1v) is 6.99. The number of hydrogen-bond donors (Lipinski definition) is 0. The number of carbonyl (C=O) groups excluding carboxylic acids is 1. The third-order valence-corrected chi connectivity index (χ3v) is 4.31. The van der Waals surface area contributed by atoms with Gasteiger partial charge in [-0.1, -0.05) is 48.8 Å². The van der Waals surface area contributed by atoms with Gasteiger partial charge in [0.05, 0.1) is 12.5 Å². The fourth-order valence-corrected chi connectivity index (χ4v) is 3.33. The molecule has 0 heterocycles. The van der Waals surface area contributed by atoms with Crippen LogP contribution in [0.25, 0.3) is 0 Å². The van der Waals surface area contributed by atoms with E-state index in [-0.39, 0.29) is 16.8 Å². The van der Waals surface area contributed by atoms with Gasteiger partial charge in [0.2, 0.25) is 0 Å². The van der Waals surface area contributed by atoms with Crippen LogP contribution in [0.5, 0.6) is 0 Å². The predicted molar refractivity (Wildman–Crippen MR) is 75.8 cm³/mol. The number of methoxy groups -OCH3 is 1. The molecule has 0 atom stereocenters. The van der Waals surface area contributed by atoms with Crippen LogP contribution in [0.15, 0.2) is 22.7 Å². The Morgan fingerprint density at radius 1 is 1.33 bits per heavy atom. The maximum Gasteiger partial charge on any atom is 0.316 e. The van der Waals surface area contributed by atoms with E-state index >= 15 is 0 Å². The van der Waals surface area contributed by atoms with Crippen LogP contribution in [0.2, 0.25) is 0 Å². The van der Waals surface area contributed by atoms with E-state index in [4.69, 9.17) is 4.74 Å². The molecule has 0 bridgehead atoms. The molecule has 2 rings (SSSR count). The smallest absolute Gasteiger partial charge is 0.316 e. The zero-order valence-electron chi connectivity index (χ0n) is 11.3. The Hall–Kier alpha value is -0.830. The fraction of sp³-hybridized carbons (Fsp3) is 0.533. The zero-order chi connectivity index (χ0) is 13.6. The number of halogens is 1. The van der Waals surface area contributed by atoms with Gasteiger partial charge in [-0.2, -0.15) is 0 Å². The molecule has 0 amide bonds. The third kappa shape index (κ3) is 2.20. The second kappa shape index (κ2) is 4.37. The van der Waals surface area contributed by atoms with E-state index in [1.807, 2.05) is 0 Å². The topological polar surface area (TPSA) is 26.3 Å². The first-order valence-electron chi connectivity index (χ1n) is 6.20. The van der Waals surface area contributed by atoms with Gasteiger partial charge >= 0.3 is 5.97 Å². The van der Waals surface area contributed by atoms with E-state index in [9.17, 15) is 4.79 Å². The largest absolute Gasteiger partial charge is 0.468 e. The van der Waals surface area contributed by atoms with Crippen molar-refractivity contribution in [2.45, 2.75) is 44.4 Å². The predicted octanol–water partition coefficient (Wildman–Crippen LogP) is 3.95. The first kappa shape index (κ1) is 13.6. The molecule has 98 valence electrons. The van der Waals surface area contributed by atoms with Crippen LogP contribution in [0, 0.1) is 0 Å². The van der Waals surface area contributed by atoms with Crippen LogP contribution in [0.3, 0.4) is 0 Å². The van der Waals surface area contributed by atoms with Gasteiger partial charge in [-0.25, -0.2) is 0 Å². The summed E-state index contributed by atoms with van der Waals surface area (Å²) in [5, 5.41) is 0. The molecule has 0 saturated heterocycles. The summed E-state index contributed by atoms with van der Waals surface area (Å²) >= 11 is 3.62. The molecule has 0 unspecified atom stereocenters. The van der Waals surface area contributed by atoms with Crippen LogP contribution >= 0.6 is 15.9 Å². The molecule has 1 aliphatic rings. The fourth-order valence-electron chi connectivity index (χ4n) is 2.35. The summed E-state index contributed by atoms with van der Waals surface area (Å²) in [5.41, 5.74) is 2.04. The average Bonchev–Trinajstić information content (AvgIpc) is 3.07. The lowest BCUT2D eigenvalue weighted by Crippen LogP contribution is -2.22. The number of hydrogen-bond acceptors (Lipinski definition) is 2. The molecule has 0 radical (unpaired) electrons. The van der Waals surface area contributed by atoms with Crippen molar-refractivity contribution < 1.29 is 9.53 Å². The summed E-state index contributed by atoms with van der Waals surface area (Å²) in [7, 11) is 1.46. The maximum atomic E-state index is 11.9. The Labute approximate surface area is 117 Å². The van der Waals surface area contributed by atoms with Crippen LogP contribution in [-0.4, -0.2) is 13.1 Å². The molecule has 1 aliphatic carbocycles. The van der Waals surface area contributed by atoms with Crippen molar-refractivity contribution in [1.82, 2.24) is 0 Å². The van der Waals surface area contributed by atoms with Gasteiger partial charge in [0.1, 0.15) is 0 Å². The summed E-state index contributed by atoms with van der Waals surface area (Å²) in [6, 6.07) is 6.25. The van der Waals surface area contributed by atoms with Crippen molar-refractivity contribution in [2.75, 3.05) is 7.11 Å². The van der Waals surface area contributed by atoms with Crippen molar-refractivity contribution in [3.63, 3.8) is 0 Å². The Morgan fingerprint density at radius 2 is 1.94 bits per heavy atom. The molecule has 0 aromatic heterocycles. The lowest BCUT2D eigenvalue weighted by molar-refractivity contribution is -0.143. The Morgan fingerprint density at radius 3 is 2.33 bits per heavy atom. The molecule has 18 heavy (non-hydrogen) atoms. The number of benzene rings is 1. The molecule has 0 N–H and O–H groups in total. The van der Waals surface area contributed by atoms with Crippen LogP contribution in [-0.2, 0) is 20.4 Å². The first-order chi connectivity index (χ1) is 8.31. The summed E-state index contributed by atoms with van der Waals surface area (Å²) in [6.45, 7) is 6.54. The second-order valence-electron chi connectivity index (χ2n) is 6.02. The van der Waals surface area contributed by atoms with Gasteiger partial charge in [0.25, 0.3) is 0 Å². The highest BCUT2D eigenvalue weighted by atomic mass is 79.9.